The lowest BCUT2D eigenvalue weighted by molar-refractivity contribution is -0.137. The van der Waals surface area contributed by atoms with Crippen LogP contribution in [0.1, 0.15) is 25.1 Å². The van der Waals surface area contributed by atoms with Crippen molar-refractivity contribution < 1.29 is 19.4 Å². The molecule has 0 aliphatic carbocycles. The lowest BCUT2D eigenvalue weighted by Crippen LogP contribution is -2.39. The second kappa shape index (κ2) is 8.12. The highest BCUT2D eigenvalue weighted by Gasteiger charge is 2.51. The molecule has 156 valence electrons. The molecule has 0 radical (unpaired) electrons. The number of likely N-dealkylation sites (tertiary alicyclic amines) is 2. The number of carbonyl (C=O) groups is 2. The number of aliphatic hydroxyl groups excluding tert-OH is 1. The molecule has 8 heteroatoms. The van der Waals surface area contributed by atoms with E-state index < -0.39 is 5.41 Å². The number of hydrogen-bond donors (Lipinski definition) is 1. The number of amides is 2. The minimum Gasteiger partial charge on any atom is -0.388 e. The Bertz CT molecular complexity index is 911. The standard InChI is InChI=1S/C21H28N4O4/c1-29-13-12-23-10-7-21(20(23)28)8-11-24(15-21)19(27)6-9-25-17-5-3-2-4-16(17)22-18(25)14-26/h2-5,26H,6-15H2,1H3. The van der Waals surface area contributed by atoms with Crippen LogP contribution in [-0.4, -0.2) is 76.2 Å². The molecule has 1 aromatic carbocycles. The summed E-state index contributed by atoms with van der Waals surface area (Å²) in [5, 5.41) is 9.62. The topological polar surface area (TPSA) is 87.9 Å². The Kier molecular flexibility index (Phi) is 5.56. The first-order valence-electron chi connectivity index (χ1n) is 10.2. The van der Waals surface area contributed by atoms with Crippen LogP contribution in [0.15, 0.2) is 24.3 Å². The predicted molar refractivity (Wildman–Crippen MR) is 107 cm³/mol. The van der Waals surface area contributed by atoms with Crippen LogP contribution in [0.25, 0.3) is 11.0 Å². The first-order valence-corrected chi connectivity index (χ1v) is 10.2. The van der Waals surface area contributed by atoms with E-state index in [1.165, 1.54) is 0 Å². The van der Waals surface area contributed by atoms with Crippen LogP contribution in [0.5, 0.6) is 0 Å². The van der Waals surface area contributed by atoms with Crippen LogP contribution in [0.2, 0.25) is 0 Å². The fourth-order valence-electron chi connectivity index (χ4n) is 4.63. The number of ether oxygens (including phenoxy) is 1. The first-order chi connectivity index (χ1) is 14.1. The molecule has 2 amide bonds. The van der Waals surface area contributed by atoms with Crippen LogP contribution in [0, 0.1) is 5.41 Å². The Balaban J connectivity index is 1.39. The number of imidazole rings is 1. The van der Waals surface area contributed by atoms with Gasteiger partial charge in [0.1, 0.15) is 12.4 Å². The maximum absolute atomic E-state index is 12.9. The second-order valence-electron chi connectivity index (χ2n) is 7.96. The third-order valence-corrected chi connectivity index (χ3v) is 6.30. The molecule has 2 aliphatic heterocycles. The van der Waals surface area contributed by atoms with Crippen molar-refractivity contribution in [1.82, 2.24) is 19.4 Å². The first kappa shape index (κ1) is 19.8. The number of aliphatic hydroxyl groups is 1. The Morgan fingerprint density at radius 2 is 2.03 bits per heavy atom. The molecule has 4 rings (SSSR count). The SMILES string of the molecule is COCCN1CCC2(CCN(C(=O)CCn3c(CO)nc4ccccc43)C2)C1=O. The van der Waals surface area contributed by atoms with Gasteiger partial charge in [0.2, 0.25) is 11.8 Å². The zero-order valence-corrected chi connectivity index (χ0v) is 16.8. The zero-order valence-electron chi connectivity index (χ0n) is 16.8. The van der Waals surface area contributed by atoms with E-state index in [2.05, 4.69) is 4.98 Å². The normalized spacial score (nSPS) is 21.8. The summed E-state index contributed by atoms with van der Waals surface area (Å²) >= 11 is 0. The van der Waals surface area contributed by atoms with E-state index in [9.17, 15) is 14.7 Å². The quantitative estimate of drug-likeness (QED) is 0.750. The van der Waals surface area contributed by atoms with Gasteiger partial charge in [-0.15, -0.1) is 0 Å². The number of nitrogens with zero attached hydrogens (tertiary/aromatic N) is 4. The summed E-state index contributed by atoms with van der Waals surface area (Å²) in [6.45, 7) is 3.32. The average molecular weight is 400 g/mol. The minimum atomic E-state index is -0.415. The second-order valence-corrected chi connectivity index (χ2v) is 7.96. The smallest absolute Gasteiger partial charge is 0.230 e. The number of aromatic nitrogens is 2. The van der Waals surface area contributed by atoms with E-state index >= 15 is 0 Å². The van der Waals surface area contributed by atoms with E-state index in [1.54, 1.807) is 7.11 Å². The molecular weight excluding hydrogens is 372 g/mol. The Hall–Kier alpha value is -2.45. The molecule has 2 aliphatic rings. The molecule has 1 spiro atoms. The minimum absolute atomic E-state index is 0.0479. The van der Waals surface area contributed by atoms with Gasteiger partial charge in [0.05, 0.1) is 23.1 Å². The van der Waals surface area contributed by atoms with Gasteiger partial charge in [-0.05, 0) is 25.0 Å². The lowest BCUT2D eigenvalue weighted by atomic mass is 9.85. The number of rotatable bonds is 7. The molecule has 0 saturated carbocycles. The molecule has 2 saturated heterocycles. The molecule has 0 bridgehead atoms. The Morgan fingerprint density at radius 3 is 2.83 bits per heavy atom. The van der Waals surface area contributed by atoms with E-state index in [0.717, 1.165) is 30.4 Å². The van der Waals surface area contributed by atoms with E-state index in [0.29, 0.717) is 45.0 Å². The highest BCUT2D eigenvalue weighted by atomic mass is 16.5. The summed E-state index contributed by atoms with van der Waals surface area (Å²) in [4.78, 5) is 33.9. The van der Waals surface area contributed by atoms with Crippen LogP contribution in [0.3, 0.4) is 0 Å². The third kappa shape index (κ3) is 3.62. The molecule has 2 aromatic rings. The van der Waals surface area contributed by atoms with Gasteiger partial charge in [0, 0.05) is 46.3 Å². The molecule has 1 N–H and O–H groups in total. The van der Waals surface area contributed by atoms with Gasteiger partial charge >= 0.3 is 0 Å². The monoisotopic (exact) mass is 400 g/mol. The number of carbonyl (C=O) groups excluding carboxylic acids is 2. The molecule has 2 fully saturated rings. The average Bonchev–Trinajstić information content (AvgIpc) is 3.42. The van der Waals surface area contributed by atoms with E-state index in [1.807, 2.05) is 38.6 Å². The molecule has 8 nitrogen and oxygen atoms in total. The van der Waals surface area contributed by atoms with Crippen molar-refractivity contribution >= 4 is 22.8 Å². The molecular formula is C21H28N4O4. The maximum Gasteiger partial charge on any atom is 0.230 e. The number of benzene rings is 1. The summed E-state index contributed by atoms with van der Waals surface area (Å²) in [6.07, 6.45) is 1.86. The summed E-state index contributed by atoms with van der Waals surface area (Å²) in [6, 6.07) is 7.68. The molecule has 3 heterocycles. The number of aryl methyl sites for hydroxylation is 1. The van der Waals surface area contributed by atoms with E-state index in [4.69, 9.17) is 4.74 Å². The largest absolute Gasteiger partial charge is 0.388 e. The van der Waals surface area contributed by atoms with E-state index in [-0.39, 0.29) is 18.4 Å². The number of methoxy groups -OCH3 is 1. The van der Waals surface area contributed by atoms with Gasteiger partial charge in [0.15, 0.2) is 0 Å². The number of para-hydroxylation sites is 2. The van der Waals surface area contributed by atoms with Gasteiger partial charge in [0.25, 0.3) is 0 Å². The van der Waals surface area contributed by atoms with Gasteiger partial charge in [-0.3, -0.25) is 9.59 Å². The van der Waals surface area contributed by atoms with Crippen molar-refractivity contribution in [2.45, 2.75) is 32.4 Å². The highest BCUT2D eigenvalue weighted by molar-refractivity contribution is 5.87. The van der Waals surface area contributed by atoms with Gasteiger partial charge in [-0.2, -0.15) is 0 Å². The molecule has 1 atom stereocenters. The summed E-state index contributed by atoms with van der Waals surface area (Å²) in [5.74, 6) is 0.774. The Morgan fingerprint density at radius 1 is 1.24 bits per heavy atom. The number of fused-ring (bicyclic) bond motifs is 1. The summed E-state index contributed by atoms with van der Waals surface area (Å²) in [7, 11) is 1.64. The fourth-order valence-corrected chi connectivity index (χ4v) is 4.63. The molecule has 29 heavy (non-hydrogen) atoms. The zero-order chi connectivity index (χ0) is 20.4. The summed E-state index contributed by atoms with van der Waals surface area (Å²) < 4.78 is 7.00. The molecule has 1 unspecified atom stereocenters. The highest BCUT2D eigenvalue weighted by Crippen LogP contribution is 2.40. The lowest BCUT2D eigenvalue weighted by Gasteiger charge is -2.23. The third-order valence-electron chi connectivity index (χ3n) is 6.30. The van der Waals surface area contributed by atoms with Gasteiger partial charge in [-0.1, -0.05) is 12.1 Å². The summed E-state index contributed by atoms with van der Waals surface area (Å²) in [5.41, 5.74) is 1.32. The van der Waals surface area contributed by atoms with Crippen LogP contribution < -0.4 is 0 Å². The van der Waals surface area contributed by atoms with Crippen molar-refractivity contribution in [3.8, 4) is 0 Å². The predicted octanol–water partition coefficient (Wildman–Crippen LogP) is 1.02. The van der Waals surface area contributed by atoms with Gasteiger partial charge in [-0.25, -0.2) is 4.98 Å². The van der Waals surface area contributed by atoms with Crippen molar-refractivity contribution in [2.75, 3.05) is 39.9 Å². The fraction of sp³-hybridized carbons (Fsp3) is 0.571. The van der Waals surface area contributed by atoms with Crippen molar-refractivity contribution in [3.63, 3.8) is 0 Å². The van der Waals surface area contributed by atoms with Crippen molar-refractivity contribution in [1.29, 1.82) is 0 Å². The Labute approximate surface area is 170 Å². The van der Waals surface area contributed by atoms with Crippen molar-refractivity contribution in [2.24, 2.45) is 5.41 Å². The number of hydrogen-bond acceptors (Lipinski definition) is 5. The molecule has 1 aromatic heterocycles. The maximum atomic E-state index is 12.9. The van der Waals surface area contributed by atoms with Crippen molar-refractivity contribution in [3.05, 3.63) is 30.1 Å². The van der Waals surface area contributed by atoms with Crippen LogP contribution in [-0.2, 0) is 27.5 Å². The van der Waals surface area contributed by atoms with Crippen LogP contribution >= 0.6 is 0 Å². The van der Waals surface area contributed by atoms with Crippen LogP contribution in [0.4, 0.5) is 0 Å². The van der Waals surface area contributed by atoms with Gasteiger partial charge < -0.3 is 24.2 Å².